The van der Waals surface area contributed by atoms with E-state index in [4.69, 9.17) is 4.74 Å². The lowest BCUT2D eigenvalue weighted by Gasteiger charge is -2.13. The first kappa shape index (κ1) is 17.9. The van der Waals surface area contributed by atoms with Crippen molar-refractivity contribution in [2.45, 2.75) is 33.4 Å². The van der Waals surface area contributed by atoms with Crippen molar-refractivity contribution >= 4 is 11.8 Å². The van der Waals surface area contributed by atoms with Gasteiger partial charge >= 0.3 is 5.97 Å². The molecule has 2 aromatic rings. The van der Waals surface area contributed by atoms with Crippen molar-refractivity contribution in [1.82, 2.24) is 14.9 Å². The zero-order chi connectivity index (χ0) is 17.9. The second kappa shape index (κ2) is 7.40. The molecule has 0 saturated heterocycles. The summed E-state index contributed by atoms with van der Waals surface area (Å²) in [6.45, 7) is 5.98. The molecule has 0 aliphatic rings. The summed E-state index contributed by atoms with van der Waals surface area (Å²) < 4.78 is 6.53. The Morgan fingerprint density at radius 1 is 1.38 bits per heavy atom. The molecule has 0 radical (unpaired) electrons. The first-order valence-electron chi connectivity index (χ1n) is 7.79. The third-order valence-corrected chi connectivity index (χ3v) is 4.28. The van der Waals surface area contributed by atoms with Crippen LogP contribution in [0, 0.1) is 13.8 Å². The number of hydrogen-bond donors (Lipinski definition) is 1. The lowest BCUT2D eigenvalue weighted by molar-refractivity contribution is 0.0588. The highest BCUT2D eigenvalue weighted by molar-refractivity contribution is 6.05. The topological polar surface area (TPSA) is 73.2 Å². The molecule has 24 heavy (non-hydrogen) atoms. The molecule has 0 bridgehead atoms. The van der Waals surface area contributed by atoms with Gasteiger partial charge in [0.15, 0.2) is 5.78 Å². The van der Waals surface area contributed by atoms with E-state index in [1.807, 2.05) is 26.0 Å². The molecule has 2 heterocycles. The summed E-state index contributed by atoms with van der Waals surface area (Å²) in [6.07, 6.45) is 3.47. The Hall–Kier alpha value is -2.47. The fourth-order valence-corrected chi connectivity index (χ4v) is 2.81. The van der Waals surface area contributed by atoms with Crippen LogP contribution in [0.15, 0.2) is 24.5 Å². The van der Waals surface area contributed by atoms with Crippen LogP contribution in [0.1, 0.15) is 44.6 Å². The van der Waals surface area contributed by atoms with Crippen molar-refractivity contribution in [1.29, 1.82) is 0 Å². The summed E-state index contributed by atoms with van der Waals surface area (Å²) in [5.41, 5.74) is 3.41. The van der Waals surface area contributed by atoms with Crippen LogP contribution < -0.4 is 5.32 Å². The van der Waals surface area contributed by atoms with Crippen LogP contribution in [-0.2, 0) is 18.3 Å². The molecule has 2 aromatic heterocycles. The van der Waals surface area contributed by atoms with Gasteiger partial charge in [-0.15, -0.1) is 0 Å². The van der Waals surface area contributed by atoms with Gasteiger partial charge in [-0.05, 0) is 38.0 Å². The summed E-state index contributed by atoms with van der Waals surface area (Å²) in [6, 6.07) is 3.43. The maximum atomic E-state index is 12.8. The smallest absolute Gasteiger partial charge is 0.354 e. The minimum absolute atomic E-state index is 0.0420. The van der Waals surface area contributed by atoms with Gasteiger partial charge in [0.1, 0.15) is 5.69 Å². The minimum atomic E-state index is -0.437. The predicted molar refractivity (Wildman–Crippen MR) is 91.1 cm³/mol. The highest BCUT2D eigenvalue weighted by Crippen LogP contribution is 2.23. The first-order valence-corrected chi connectivity index (χ1v) is 7.79. The lowest BCUT2D eigenvalue weighted by atomic mass is 10.0. The number of aromatic nitrogens is 2. The molecule has 0 aliphatic carbocycles. The van der Waals surface area contributed by atoms with Crippen molar-refractivity contribution in [3.05, 3.63) is 52.6 Å². The maximum Gasteiger partial charge on any atom is 0.354 e. The lowest BCUT2D eigenvalue weighted by Crippen LogP contribution is -2.34. The number of nitrogens with zero attached hydrogens (tertiary/aromatic N) is 2. The molecule has 128 valence electrons. The van der Waals surface area contributed by atoms with Gasteiger partial charge in [0.05, 0.1) is 13.2 Å². The van der Waals surface area contributed by atoms with Gasteiger partial charge in [0.25, 0.3) is 0 Å². The highest BCUT2D eigenvalue weighted by atomic mass is 16.5. The summed E-state index contributed by atoms with van der Waals surface area (Å²) in [5.74, 6) is -0.479. The number of hydrogen-bond acceptors (Lipinski definition) is 5. The van der Waals surface area contributed by atoms with Crippen LogP contribution in [0.3, 0.4) is 0 Å². The summed E-state index contributed by atoms with van der Waals surface area (Å²) in [4.78, 5) is 28.8. The van der Waals surface area contributed by atoms with Crippen molar-refractivity contribution in [2.24, 2.45) is 7.05 Å². The number of rotatable bonds is 6. The molecule has 1 N–H and O–H groups in total. The van der Waals surface area contributed by atoms with E-state index in [0.717, 1.165) is 11.3 Å². The van der Waals surface area contributed by atoms with Crippen molar-refractivity contribution in [2.75, 3.05) is 7.11 Å². The molecule has 1 unspecified atom stereocenters. The van der Waals surface area contributed by atoms with E-state index in [-0.39, 0.29) is 11.8 Å². The summed E-state index contributed by atoms with van der Waals surface area (Å²) in [5, 5.41) is 3.21. The number of nitrogens with one attached hydrogen (secondary N) is 1. The van der Waals surface area contributed by atoms with Gasteiger partial charge in [-0.25, -0.2) is 4.79 Å². The normalized spacial score (nSPS) is 12.0. The van der Waals surface area contributed by atoms with E-state index in [2.05, 4.69) is 10.3 Å². The van der Waals surface area contributed by atoms with Crippen molar-refractivity contribution in [3.8, 4) is 0 Å². The standard InChI is InChI=1S/C18H23N3O3/c1-11-15(13(3)21(4)16(11)18(23)24-5)17(22)12(2)20-10-14-7-6-8-19-9-14/h6-9,12,20H,10H2,1-5H3. The number of ketones is 1. The molecule has 0 amide bonds. The Kier molecular flexibility index (Phi) is 5.51. The molecule has 0 aliphatic heterocycles. The van der Waals surface area contributed by atoms with Crippen LogP contribution in [0.5, 0.6) is 0 Å². The van der Waals surface area contributed by atoms with E-state index in [1.54, 1.807) is 30.9 Å². The average molecular weight is 329 g/mol. The molecule has 2 rings (SSSR count). The van der Waals surface area contributed by atoms with Gasteiger partial charge < -0.3 is 14.6 Å². The van der Waals surface area contributed by atoms with Crippen LogP contribution in [0.2, 0.25) is 0 Å². The Morgan fingerprint density at radius 2 is 2.08 bits per heavy atom. The first-order chi connectivity index (χ1) is 11.4. The zero-order valence-electron chi connectivity index (χ0n) is 14.7. The van der Waals surface area contributed by atoms with E-state index >= 15 is 0 Å². The van der Waals surface area contributed by atoms with Gasteiger partial charge in [-0.1, -0.05) is 6.07 Å². The second-order valence-corrected chi connectivity index (χ2v) is 5.81. The Labute approximate surface area is 141 Å². The number of carbonyl (C=O) groups is 2. The third kappa shape index (κ3) is 3.38. The summed E-state index contributed by atoms with van der Waals surface area (Å²) in [7, 11) is 3.10. The summed E-state index contributed by atoms with van der Waals surface area (Å²) >= 11 is 0. The maximum absolute atomic E-state index is 12.8. The average Bonchev–Trinajstić information content (AvgIpc) is 2.81. The van der Waals surface area contributed by atoms with Gasteiger partial charge in [-0.3, -0.25) is 9.78 Å². The van der Waals surface area contributed by atoms with E-state index in [0.29, 0.717) is 23.4 Å². The zero-order valence-corrected chi connectivity index (χ0v) is 14.7. The van der Waals surface area contributed by atoms with Crippen LogP contribution in [-0.4, -0.2) is 34.5 Å². The Morgan fingerprint density at radius 3 is 2.67 bits per heavy atom. The van der Waals surface area contributed by atoms with E-state index in [1.165, 1.54) is 7.11 Å². The number of esters is 1. The van der Waals surface area contributed by atoms with Crippen molar-refractivity contribution < 1.29 is 14.3 Å². The second-order valence-electron chi connectivity index (χ2n) is 5.81. The molecule has 1 atom stereocenters. The molecule has 0 saturated carbocycles. The monoisotopic (exact) mass is 329 g/mol. The highest BCUT2D eigenvalue weighted by Gasteiger charge is 2.27. The molecule has 0 aromatic carbocycles. The van der Waals surface area contributed by atoms with Gasteiger partial charge in [0.2, 0.25) is 0 Å². The third-order valence-electron chi connectivity index (χ3n) is 4.28. The Bertz CT molecular complexity index is 751. The van der Waals surface area contributed by atoms with Crippen LogP contribution in [0.25, 0.3) is 0 Å². The predicted octanol–water partition coefficient (Wildman–Crippen LogP) is 2.18. The number of ether oxygens (including phenoxy) is 1. The van der Waals surface area contributed by atoms with Gasteiger partial charge in [-0.2, -0.15) is 0 Å². The number of pyridine rings is 1. The molecular weight excluding hydrogens is 306 g/mol. The van der Waals surface area contributed by atoms with E-state index < -0.39 is 5.97 Å². The Balaban J connectivity index is 2.21. The fourth-order valence-electron chi connectivity index (χ4n) is 2.81. The SMILES string of the molecule is COC(=O)c1c(C)c(C(=O)C(C)NCc2cccnc2)c(C)n1C. The van der Waals surface area contributed by atoms with Crippen molar-refractivity contribution in [3.63, 3.8) is 0 Å². The molecule has 0 spiro atoms. The number of methoxy groups -OCH3 is 1. The minimum Gasteiger partial charge on any atom is -0.464 e. The molecular formula is C18H23N3O3. The molecule has 0 fully saturated rings. The van der Waals surface area contributed by atoms with Crippen LogP contribution >= 0.6 is 0 Å². The largest absolute Gasteiger partial charge is 0.464 e. The molecule has 6 heteroatoms. The molecule has 6 nitrogen and oxygen atoms in total. The van der Waals surface area contributed by atoms with E-state index in [9.17, 15) is 9.59 Å². The fraction of sp³-hybridized carbons (Fsp3) is 0.389. The number of carbonyl (C=O) groups excluding carboxylic acids is 2. The van der Waals surface area contributed by atoms with Crippen LogP contribution in [0.4, 0.5) is 0 Å². The number of Topliss-reactive ketones (excluding diaryl/α,β-unsaturated/α-hetero) is 1. The quantitative estimate of drug-likeness (QED) is 0.649. The van der Waals surface area contributed by atoms with Gasteiger partial charge in [0, 0.05) is 37.2 Å².